The summed E-state index contributed by atoms with van der Waals surface area (Å²) in [5.41, 5.74) is 0. The molecule has 0 bridgehead atoms. The summed E-state index contributed by atoms with van der Waals surface area (Å²) in [4.78, 5) is 0. The van der Waals surface area contributed by atoms with Crippen LogP contribution in [-0.2, 0) is 4.74 Å². The zero-order chi connectivity index (χ0) is 9.68. The molecule has 1 rings (SSSR count). The molecule has 1 N–H and O–H groups in total. The van der Waals surface area contributed by atoms with Gasteiger partial charge in [-0.05, 0) is 45.1 Å². The summed E-state index contributed by atoms with van der Waals surface area (Å²) in [7, 11) is 2.04. The lowest BCUT2D eigenvalue weighted by Crippen LogP contribution is -2.29. The molecule has 1 aliphatic heterocycles. The first-order chi connectivity index (χ1) is 6.24. The van der Waals surface area contributed by atoms with Gasteiger partial charge in [0.15, 0.2) is 0 Å². The van der Waals surface area contributed by atoms with Gasteiger partial charge in [0.05, 0.1) is 0 Å². The molecule has 1 fully saturated rings. The minimum Gasteiger partial charge on any atom is -0.381 e. The highest BCUT2D eigenvalue weighted by atomic mass is 16.5. The molecule has 0 aliphatic carbocycles. The molecule has 2 atom stereocenters. The van der Waals surface area contributed by atoms with Crippen LogP contribution in [0.4, 0.5) is 0 Å². The van der Waals surface area contributed by atoms with Crippen LogP contribution in [0.15, 0.2) is 0 Å². The Hall–Kier alpha value is -0.0800. The summed E-state index contributed by atoms with van der Waals surface area (Å²) in [5, 5.41) is 3.30. The molecule has 0 saturated carbocycles. The van der Waals surface area contributed by atoms with Crippen LogP contribution in [0.1, 0.15) is 33.1 Å². The maximum atomic E-state index is 5.37. The van der Waals surface area contributed by atoms with Crippen molar-refractivity contribution in [2.45, 2.75) is 39.2 Å². The SMILES string of the molecule is CNC(C)CC(C)C1CCOCC1. The average Bonchev–Trinajstić information content (AvgIpc) is 2.19. The van der Waals surface area contributed by atoms with Crippen LogP contribution in [0.25, 0.3) is 0 Å². The minimum absolute atomic E-state index is 0.651. The van der Waals surface area contributed by atoms with Crippen LogP contribution in [0.3, 0.4) is 0 Å². The van der Waals surface area contributed by atoms with Crippen molar-refractivity contribution in [2.75, 3.05) is 20.3 Å². The lowest BCUT2D eigenvalue weighted by atomic mass is 9.83. The Morgan fingerprint density at radius 2 is 1.92 bits per heavy atom. The van der Waals surface area contributed by atoms with E-state index < -0.39 is 0 Å². The third-order valence-corrected chi connectivity index (χ3v) is 3.29. The summed E-state index contributed by atoms with van der Waals surface area (Å²) in [6, 6.07) is 0.651. The van der Waals surface area contributed by atoms with E-state index in [1.165, 1.54) is 19.3 Å². The van der Waals surface area contributed by atoms with Crippen molar-refractivity contribution >= 4 is 0 Å². The van der Waals surface area contributed by atoms with Crippen molar-refractivity contribution in [1.82, 2.24) is 5.32 Å². The highest BCUT2D eigenvalue weighted by Crippen LogP contribution is 2.26. The first-order valence-electron chi connectivity index (χ1n) is 5.49. The smallest absolute Gasteiger partial charge is 0.0468 e. The third-order valence-electron chi connectivity index (χ3n) is 3.29. The van der Waals surface area contributed by atoms with Crippen LogP contribution in [0.2, 0.25) is 0 Å². The van der Waals surface area contributed by atoms with E-state index in [1.54, 1.807) is 0 Å². The van der Waals surface area contributed by atoms with Gasteiger partial charge in [-0.25, -0.2) is 0 Å². The second-order valence-corrected chi connectivity index (χ2v) is 4.35. The van der Waals surface area contributed by atoms with Gasteiger partial charge < -0.3 is 10.1 Å². The van der Waals surface area contributed by atoms with Gasteiger partial charge in [0, 0.05) is 19.3 Å². The van der Waals surface area contributed by atoms with Crippen molar-refractivity contribution < 1.29 is 4.74 Å². The Bertz CT molecular complexity index is 132. The Morgan fingerprint density at radius 1 is 1.31 bits per heavy atom. The molecule has 0 aromatic heterocycles. The zero-order valence-corrected chi connectivity index (χ0v) is 9.18. The standard InChI is InChI=1S/C11H23NO/c1-9(8-10(2)12-3)11-4-6-13-7-5-11/h9-12H,4-8H2,1-3H3. The van der Waals surface area contributed by atoms with E-state index in [-0.39, 0.29) is 0 Å². The van der Waals surface area contributed by atoms with E-state index in [0.29, 0.717) is 6.04 Å². The highest BCUT2D eigenvalue weighted by Gasteiger charge is 2.21. The molecule has 0 aromatic rings. The molecule has 2 nitrogen and oxygen atoms in total. The first-order valence-corrected chi connectivity index (χ1v) is 5.49. The fourth-order valence-electron chi connectivity index (χ4n) is 2.15. The molecule has 0 spiro atoms. The topological polar surface area (TPSA) is 21.3 Å². The van der Waals surface area contributed by atoms with Gasteiger partial charge in [0.2, 0.25) is 0 Å². The summed E-state index contributed by atoms with van der Waals surface area (Å²) in [6.07, 6.45) is 3.82. The van der Waals surface area contributed by atoms with Crippen molar-refractivity contribution in [2.24, 2.45) is 11.8 Å². The molecule has 78 valence electrons. The van der Waals surface area contributed by atoms with Gasteiger partial charge >= 0.3 is 0 Å². The van der Waals surface area contributed by atoms with Crippen molar-refractivity contribution in [1.29, 1.82) is 0 Å². The number of hydrogen-bond acceptors (Lipinski definition) is 2. The van der Waals surface area contributed by atoms with Gasteiger partial charge in [-0.2, -0.15) is 0 Å². The van der Waals surface area contributed by atoms with E-state index in [4.69, 9.17) is 4.74 Å². The fraction of sp³-hybridized carbons (Fsp3) is 1.00. The molecular formula is C11H23NO. The Balaban J connectivity index is 2.24. The van der Waals surface area contributed by atoms with Crippen LogP contribution >= 0.6 is 0 Å². The van der Waals surface area contributed by atoms with Crippen LogP contribution in [-0.4, -0.2) is 26.3 Å². The number of ether oxygens (including phenoxy) is 1. The summed E-state index contributed by atoms with van der Waals surface area (Å²) >= 11 is 0. The first kappa shape index (κ1) is 11.0. The van der Waals surface area contributed by atoms with Crippen LogP contribution in [0, 0.1) is 11.8 Å². The largest absolute Gasteiger partial charge is 0.381 e. The molecule has 1 aliphatic rings. The van der Waals surface area contributed by atoms with Crippen molar-refractivity contribution in [3.63, 3.8) is 0 Å². The summed E-state index contributed by atoms with van der Waals surface area (Å²) in [6.45, 7) is 6.59. The molecule has 0 aromatic carbocycles. The lowest BCUT2D eigenvalue weighted by Gasteiger charge is -2.29. The van der Waals surface area contributed by atoms with Crippen LogP contribution in [0.5, 0.6) is 0 Å². The van der Waals surface area contributed by atoms with Gasteiger partial charge in [0.1, 0.15) is 0 Å². The minimum atomic E-state index is 0.651. The second-order valence-electron chi connectivity index (χ2n) is 4.35. The molecule has 13 heavy (non-hydrogen) atoms. The molecule has 2 heteroatoms. The van der Waals surface area contributed by atoms with Gasteiger partial charge in [-0.3, -0.25) is 0 Å². The molecule has 0 amide bonds. The normalized spacial score (nSPS) is 24.2. The summed E-state index contributed by atoms with van der Waals surface area (Å²) < 4.78 is 5.37. The van der Waals surface area contributed by atoms with Gasteiger partial charge in [0.25, 0.3) is 0 Å². The lowest BCUT2D eigenvalue weighted by molar-refractivity contribution is 0.0467. The zero-order valence-electron chi connectivity index (χ0n) is 9.18. The van der Waals surface area contributed by atoms with E-state index in [2.05, 4.69) is 19.2 Å². The highest BCUT2D eigenvalue weighted by molar-refractivity contribution is 4.73. The van der Waals surface area contributed by atoms with Crippen LogP contribution < -0.4 is 5.32 Å². The number of nitrogens with one attached hydrogen (secondary N) is 1. The quantitative estimate of drug-likeness (QED) is 0.723. The Morgan fingerprint density at radius 3 is 2.46 bits per heavy atom. The number of rotatable bonds is 4. The van der Waals surface area contributed by atoms with E-state index >= 15 is 0 Å². The summed E-state index contributed by atoms with van der Waals surface area (Å²) in [5.74, 6) is 1.73. The van der Waals surface area contributed by atoms with E-state index in [1.807, 2.05) is 7.05 Å². The van der Waals surface area contributed by atoms with Gasteiger partial charge in [-0.15, -0.1) is 0 Å². The monoisotopic (exact) mass is 185 g/mol. The van der Waals surface area contributed by atoms with E-state index in [0.717, 1.165) is 25.0 Å². The maximum absolute atomic E-state index is 5.37. The van der Waals surface area contributed by atoms with Crippen molar-refractivity contribution in [3.8, 4) is 0 Å². The predicted octanol–water partition coefficient (Wildman–Crippen LogP) is 2.05. The molecule has 1 heterocycles. The maximum Gasteiger partial charge on any atom is 0.0468 e. The molecular weight excluding hydrogens is 162 g/mol. The molecule has 1 saturated heterocycles. The van der Waals surface area contributed by atoms with Crippen molar-refractivity contribution in [3.05, 3.63) is 0 Å². The molecule has 0 radical (unpaired) electrons. The average molecular weight is 185 g/mol. The fourth-order valence-corrected chi connectivity index (χ4v) is 2.15. The Kier molecular flexibility index (Phi) is 4.74. The Labute approximate surface area is 82.0 Å². The predicted molar refractivity (Wildman–Crippen MR) is 55.8 cm³/mol. The number of hydrogen-bond donors (Lipinski definition) is 1. The second kappa shape index (κ2) is 5.61. The molecule has 2 unspecified atom stereocenters. The van der Waals surface area contributed by atoms with Gasteiger partial charge in [-0.1, -0.05) is 6.92 Å². The third kappa shape index (κ3) is 3.65. The van der Waals surface area contributed by atoms with E-state index in [9.17, 15) is 0 Å².